The van der Waals surface area contributed by atoms with E-state index in [1.54, 1.807) is 0 Å². The third-order valence-corrected chi connectivity index (χ3v) is 4.85. The van der Waals surface area contributed by atoms with Gasteiger partial charge in [0, 0.05) is 5.69 Å². The molecule has 136 valence electrons. The molecule has 0 saturated carbocycles. The zero-order chi connectivity index (χ0) is 18.3. The molecule has 1 rings (SSSR count). The fourth-order valence-electron chi connectivity index (χ4n) is 2.69. The number of nitrogens with two attached hydrogens (primary N) is 2. The lowest BCUT2D eigenvalue weighted by atomic mass is 10.2. The summed E-state index contributed by atoms with van der Waals surface area (Å²) in [6.07, 6.45) is 0. The van der Waals surface area contributed by atoms with Gasteiger partial charge >= 0.3 is 0 Å². The van der Waals surface area contributed by atoms with Gasteiger partial charge in [-0.25, -0.2) is 13.6 Å². The van der Waals surface area contributed by atoms with E-state index in [2.05, 4.69) is 33.0 Å². The Bertz CT molecular complexity index is 619. The van der Waals surface area contributed by atoms with Crippen LogP contribution >= 0.6 is 0 Å². The Morgan fingerprint density at radius 1 is 1.17 bits per heavy atom. The van der Waals surface area contributed by atoms with E-state index in [0.29, 0.717) is 24.3 Å². The molecule has 1 aromatic rings. The minimum Gasteiger partial charge on any atom is -0.334 e. The molecule has 0 aromatic heterocycles. The van der Waals surface area contributed by atoms with E-state index in [9.17, 15) is 13.2 Å². The number of carbonyl (C=O) groups excluding carboxylic acids is 1. The van der Waals surface area contributed by atoms with Crippen molar-refractivity contribution in [2.45, 2.75) is 44.7 Å². The van der Waals surface area contributed by atoms with Crippen molar-refractivity contribution in [3.63, 3.8) is 0 Å². The summed E-state index contributed by atoms with van der Waals surface area (Å²) in [4.78, 5) is 13.5. The highest BCUT2D eigenvalue weighted by molar-refractivity contribution is 7.89. The smallest absolute Gasteiger partial charge is 0.279 e. The Labute approximate surface area is 144 Å². The molecule has 0 aliphatic rings. The van der Waals surface area contributed by atoms with Crippen molar-refractivity contribution in [2.24, 2.45) is 5.14 Å². The van der Waals surface area contributed by atoms with Crippen LogP contribution in [0.5, 0.6) is 0 Å². The predicted molar refractivity (Wildman–Crippen MR) is 94.2 cm³/mol. The summed E-state index contributed by atoms with van der Waals surface area (Å²) < 4.78 is 22.3. The number of quaternary nitrogens is 2. The van der Waals surface area contributed by atoms with Crippen LogP contribution in [0.15, 0.2) is 29.2 Å². The first-order valence-corrected chi connectivity index (χ1v) is 9.76. The van der Waals surface area contributed by atoms with Crippen LogP contribution < -0.4 is 20.7 Å². The Kier molecular flexibility index (Phi) is 7.82. The molecule has 0 spiro atoms. The topological polar surface area (TPSA) is 110 Å². The minimum absolute atomic E-state index is 0.0255. The molecule has 7 nitrogen and oxygen atoms in total. The first-order chi connectivity index (χ1) is 11.1. The zero-order valence-corrected chi connectivity index (χ0v) is 15.7. The van der Waals surface area contributed by atoms with Crippen LogP contribution in [-0.4, -0.2) is 46.0 Å². The molecule has 1 amide bonds. The number of carbonyl (C=O) groups is 1. The molecule has 0 heterocycles. The number of benzene rings is 1. The van der Waals surface area contributed by atoms with Crippen molar-refractivity contribution in [3.05, 3.63) is 24.3 Å². The average molecular weight is 359 g/mol. The van der Waals surface area contributed by atoms with Gasteiger partial charge in [-0.3, -0.25) is 4.79 Å². The molecule has 6 N–H and O–H groups in total. The molecule has 0 bridgehead atoms. The van der Waals surface area contributed by atoms with Gasteiger partial charge in [-0.1, -0.05) is 0 Å². The van der Waals surface area contributed by atoms with Crippen LogP contribution in [0.2, 0.25) is 0 Å². The summed E-state index contributed by atoms with van der Waals surface area (Å²) in [5.41, 5.74) is 0.553. The van der Waals surface area contributed by atoms with Crippen LogP contribution in [-0.2, 0) is 14.8 Å². The minimum atomic E-state index is -3.71. The summed E-state index contributed by atoms with van der Waals surface area (Å²) in [7, 11) is -3.71. The molecular formula is C16H30N4O3S+2. The first kappa shape index (κ1) is 20.6. The van der Waals surface area contributed by atoms with Crippen LogP contribution in [0.3, 0.4) is 0 Å². The van der Waals surface area contributed by atoms with Crippen molar-refractivity contribution in [3.8, 4) is 0 Å². The van der Waals surface area contributed by atoms with E-state index in [4.69, 9.17) is 5.14 Å². The molecule has 0 aliphatic heterocycles. The normalized spacial score (nSPS) is 12.2. The number of hydrogen-bond donors (Lipinski definition) is 4. The van der Waals surface area contributed by atoms with Crippen molar-refractivity contribution >= 4 is 21.6 Å². The van der Waals surface area contributed by atoms with E-state index in [1.165, 1.54) is 29.2 Å². The van der Waals surface area contributed by atoms with Gasteiger partial charge in [0.1, 0.15) is 13.1 Å². The second-order valence-electron chi connectivity index (χ2n) is 6.53. The van der Waals surface area contributed by atoms with Crippen LogP contribution in [0.25, 0.3) is 0 Å². The monoisotopic (exact) mass is 358 g/mol. The third-order valence-electron chi connectivity index (χ3n) is 3.92. The van der Waals surface area contributed by atoms with Gasteiger partial charge in [-0.15, -0.1) is 0 Å². The molecular weight excluding hydrogens is 328 g/mol. The summed E-state index contributed by atoms with van der Waals surface area (Å²) in [6, 6.07) is 6.93. The van der Waals surface area contributed by atoms with Gasteiger partial charge in [-0.2, -0.15) is 0 Å². The lowest BCUT2D eigenvalue weighted by Gasteiger charge is -2.26. The van der Waals surface area contributed by atoms with E-state index < -0.39 is 10.0 Å². The Balaban J connectivity index is 2.39. The van der Waals surface area contributed by atoms with Crippen molar-refractivity contribution < 1.29 is 23.4 Å². The summed E-state index contributed by atoms with van der Waals surface area (Å²) in [6.45, 7) is 11.0. The van der Waals surface area contributed by atoms with Gasteiger partial charge in [0.05, 0.1) is 17.0 Å². The predicted octanol–water partition coefficient (Wildman–Crippen LogP) is -1.46. The molecule has 0 unspecified atom stereocenters. The van der Waals surface area contributed by atoms with E-state index in [0.717, 1.165) is 13.1 Å². The van der Waals surface area contributed by atoms with Crippen LogP contribution in [0.1, 0.15) is 27.7 Å². The maximum atomic E-state index is 11.9. The molecule has 24 heavy (non-hydrogen) atoms. The van der Waals surface area contributed by atoms with Crippen LogP contribution in [0, 0.1) is 0 Å². The van der Waals surface area contributed by atoms with Crippen molar-refractivity contribution in [1.82, 2.24) is 0 Å². The number of amides is 1. The quantitative estimate of drug-likeness (QED) is 0.405. The second kappa shape index (κ2) is 9.12. The van der Waals surface area contributed by atoms with Crippen molar-refractivity contribution in [1.29, 1.82) is 0 Å². The number of sulfonamides is 1. The molecule has 1 aromatic carbocycles. The fraction of sp³-hybridized carbons (Fsp3) is 0.562. The lowest BCUT2D eigenvalue weighted by molar-refractivity contribution is -0.951. The summed E-state index contributed by atoms with van der Waals surface area (Å²) in [5, 5.41) is 9.76. The first-order valence-electron chi connectivity index (χ1n) is 8.21. The highest BCUT2D eigenvalue weighted by Crippen LogP contribution is 2.12. The fourth-order valence-corrected chi connectivity index (χ4v) is 3.20. The molecule has 0 atom stereocenters. The summed E-state index contributed by atoms with van der Waals surface area (Å²) >= 11 is 0. The Morgan fingerprint density at radius 2 is 1.71 bits per heavy atom. The van der Waals surface area contributed by atoms with Crippen LogP contribution in [0.4, 0.5) is 5.69 Å². The second-order valence-corrected chi connectivity index (χ2v) is 8.09. The van der Waals surface area contributed by atoms with Gasteiger partial charge in [-0.05, 0) is 52.0 Å². The summed E-state index contributed by atoms with van der Waals surface area (Å²) in [5.74, 6) is -0.117. The molecule has 0 aliphatic carbocycles. The van der Waals surface area contributed by atoms with E-state index >= 15 is 0 Å². The molecule has 0 radical (unpaired) electrons. The van der Waals surface area contributed by atoms with E-state index in [-0.39, 0.29) is 10.8 Å². The maximum absolute atomic E-state index is 11.9. The van der Waals surface area contributed by atoms with Crippen molar-refractivity contribution in [2.75, 3.05) is 25.0 Å². The number of anilines is 1. The zero-order valence-electron chi connectivity index (χ0n) is 14.9. The SMILES string of the molecule is CC(C)[NH+](CC[NH2+]CC(=O)Nc1ccc(S(N)(=O)=O)cc1)C(C)C. The number of nitrogens with one attached hydrogen (secondary N) is 2. The highest BCUT2D eigenvalue weighted by Gasteiger charge is 2.17. The molecule has 8 heteroatoms. The average Bonchev–Trinajstić information content (AvgIpc) is 2.45. The Hall–Kier alpha value is -1.48. The van der Waals surface area contributed by atoms with Gasteiger partial charge in [0.25, 0.3) is 5.91 Å². The van der Waals surface area contributed by atoms with Gasteiger partial charge < -0.3 is 15.5 Å². The molecule has 0 saturated heterocycles. The molecule has 0 fully saturated rings. The standard InChI is InChI=1S/C16H28N4O3S/c1-12(2)20(13(3)4)10-9-18-11-16(21)19-14-5-7-15(8-6-14)24(17,22)23/h5-8,12-13,18H,9-11H2,1-4H3,(H,19,21)(H2,17,22,23)/p+2. The third kappa shape index (κ3) is 6.96. The largest absolute Gasteiger partial charge is 0.334 e. The number of rotatable bonds is 9. The highest BCUT2D eigenvalue weighted by atomic mass is 32.2. The lowest BCUT2D eigenvalue weighted by Crippen LogP contribution is -3.19. The van der Waals surface area contributed by atoms with Gasteiger partial charge in [0.2, 0.25) is 10.0 Å². The van der Waals surface area contributed by atoms with Gasteiger partial charge in [0.15, 0.2) is 6.54 Å². The number of hydrogen-bond acceptors (Lipinski definition) is 3. The van der Waals surface area contributed by atoms with E-state index in [1.807, 2.05) is 5.32 Å². The number of primary sulfonamides is 1. The Morgan fingerprint density at radius 3 is 2.17 bits per heavy atom. The maximum Gasteiger partial charge on any atom is 0.279 e.